The zero-order valence-electron chi connectivity index (χ0n) is 8.83. The molecule has 1 unspecified atom stereocenters. The van der Waals surface area contributed by atoms with Crippen LogP contribution >= 0.6 is 11.8 Å². The summed E-state index contributed by atoms with van der Waals surface area (Å²) in [5, 5.41) is 0. The molecule has 0 amide bonds. The van der Waals surface area contributed by atoms with Crippen molar-refractivity contribution in [3.8, 4) is 0 Å². The van der Waals surface area contributed by atoms with Crippen molar-refractivity contribution in [1.29, 1.82) is 0 Å². The predicted molar refractivity (Wildman–Crippen MR) is 65.0 cm³/mol. The molecule has 0 aliphatic carbocycles. The SMILES string of the molecule is CCSCCS(=O)c1c(F)cc(N)cc1F. The Morgan fingerprint density at radius 3 is 2.44 bits per heavy atom. The molecule has 16 heavy (non-hydrogen) atoms. The topological polar surface area (TPSA) is 43.1 Å². The molecule has 0 radical (unpaired) electrons. The molecule has 0 heterocycles. The summed E-state index contributed by atoms with van der Waals surface area (Å²) in [5.74, 6) is 0.0849. The summed E-state index contributed by atoms with van der Waals surface area (Å²) in [5.41, 5.74) is 5.27. The van der Waals surface area contributed by atoms with Crippen molar-refractivity contribution in [2.24, 2.45) is 0 Å². The fourth-order valence-electron chi connectivity index (χ4n) is 1.18. The molecule has 0 fully saturated rings. The number of benzene rings is 1. The first-order chi connectivity index (χ1) is 7.56. The van der Waals surface area contributed by atoms with Crippen LogP contribution in [0.2, 0.25) is 0 Å². The maximum atomic E-state index is 13.4. The number of anilines is 1. The molecule has 1 rings (SSSR count). The van der Waals surface area contributed by atoms with Gasteiger partial charge in [0.25, 0.3) is 0 Å². The van der Waals surface area contributed by atoms with Gasteiger partial charge in [-0.1, -0.05) is 6.92 Å². The van der Waals surface area contributed by atoms with Gasteiger partial charge in [-0.15, -0.1) is 0 Å². The Kier molecular flexibility index (Phi) is 5.21. The van der Waals surface area contributed by atoms with Crippen LogP contribution in [0.15, 0.2) is 17.0 Å². The molecular weight excluding hydrogens is 252 g/mol. The molecule has 2 nitrogen and oxygen atoms in total. The Labute approximate surface area is 100 Å². The minimum absolute atomic E-state index is 0.00122. The van der Waals surface area contributed by atoms with Gasteiger partial charge in [0.2, 0.25) is 0 Å². The third-order valence-corrected chi connectivity index (χ3v) is 4.45. The lowest BCUT2D eigenvalue weighted by molar-refractivity contribution is 0.536. The van der Waals surface area contributed by atoms with Gasteiger partial charge in [0.15, 0.2) is 0 Å². The summed E-state index contributed by atoms with van der Waals surface area (Å²) < 4.78 is 38.4. The van der Waals surface area contributed by atoms with E-state index in [0.717, 1.165) is 17.9 Å². The number of nitrogens with two attached hydrogens (primary N) is 1. The first kappa shape index (κ1) is 13.4. The van der Waals surface area contributed by atoms with E-state index in [4.69, 9.17) is 5.73 Å². The molecule has 0 bridgehead atoms. The van der Waals surface area contributed by atoms with Crippen molar-refractivity contribution in [1.82, 2.24) is 0 Å². The highest BCUT2D eigenvalue weighted by molar-refractivity contribution is 8.00. The van der Waals surface area contributed by atoms with E-state index in [1.54, 1.807) is 11.8 Å². The highest BCUT2D eigenvalue weighted by Crippen LogP contribution is 2.20. The van der Waals surface area contributed by atoms with E-state index in [1.165, 1.54) is 0 Å². The van der Waals surface area contributed by atoms with Gasteiger partial charge in [0.05, 0.1) is 10.8 Å². The van der Waals surface area contributed by atoms with E-state index in [1.807, 2.05) is 6.92 Å². The Balaban J connectivity index is 2.83. The minimum atomic E-state index is -1.64. The van der Waals surface area contributed by atoms with Crippen LogP contribution in [0, 0.1) is 11.6 Å². The van der Waals surface area contributed by atoms with Crippen LogP contribution in [-0.4, -0.2) is 21.5 Å². The van der Waals surface area contributed by atoms with Gasteiger partial charge in [-0.3, -0.25) is 4.21 Å². The zero-order valence-corrected chi connectivity index (χ0v) is 10.5. The van der Waals surface area contributed by atoms with E-state index >= 15 is 0 Å². The monoisotopic (exact) mass is 265 g/mol. The van der Waals surface area contributed by atoms with E-state index in [2.05, 4.69) is 0 Å². The molecule has 1 atom stereocenters. The normalized spacial score (nSPS) is 12.7. The Morgan fingerprint density at radius 2 is 1.94 bits per heavy atom. The fourth-order valence-corrected chi connectivity index (χ4v) is 3.30. The van der Waals surface area contributed by atoms with Crippen molar-refractivity contribution in [3.63, 3.8) is 0 Å². The highest BCUT2D eigenvalue weighted by Gasteiger charge is 2.16. The van der Waals surface area contributed by atoms with Crippen LogP contribution in [0.4, 0.5) is 14.5 Å². The van der Waals surface area contributed by atoms with Gasteiger partial charge in [-0.25, -0.2) is 8.78 Å². The third kappa shape index (κ3) is 3.45. The van der Waals surface area contributed by atoms with Crippen LogP contribution in [-0.2, 0) is 10.8 Å². The number of thioether (sulfide) groups is 1. The number of hydrogen-bond acceptors (Lipinski definition) is 3. The second kappa shape index (κ2) is 6.20. The fraction of sp³-hybridized carbons (Fsp3) is 0.400. The lowest BCUT2D eigenvalue weighted by Gasteiger charge is -2.05. The summed E-state index contributed by atoms with van der Waals surface area (Å²) in [7, 11) is -1.64. The third-order valence-electron chi connectivity index (χ3n) is 1.87. The van der Waals surface area contributed by atoms with Crippen molar-refractivity contribution in [2.45, 2.75) is 11.8 Å². The average Bonchev–Trinajstić information content (AvgIpc) is 2.16. The summed E-state index contributed by atoms with van der Waals surface area (Å²) in [4.78, 5) is -0.370. The Hall–Kier alpha value is -0.620. The first-order valence-corrected chi connectivity index (χ1v) is 7.24. The molecule has 6 heteroatoms. The highest BCUT2D eigenvalue weighted by atomic mass is 32.2. The predicted octanol–water partition coefficient (Wildman–Crippen LogP) is 2.41. The summed E-state index contributed by atoms with van der Waals surface area (Å²) in [6.07, 6.45) is 0. The maximum absolute atomic E-state index is 13.4. The smallest absolute Gasteiger partial charge is 0.144 e. The Bertz CT molecular complexity index is 375. The first-order valence-electron chi connectivity index (χ1n) is 4.77. The molecule has 0 aliphatic rings. The average molecular weight is 265 g/mol. The minimum Gasteiger partial charge on any atom is -0.399 e. The van der Waals surface area contributed by atoms with Gasteiger partial charge in [-0.05, 0) is 17.9 Å². The van der Waals surface area contributed by atoms with E-state index in [9.17, 15) is 13.0 Å². The maximum Gasteiger partial charge on any atom is 0.144 e. The molecule has 0 saturated carbocycles. The van der Waals surface area contributed by atoms with Crippen LogP contribution in [0.5, 0.6) is 0 Å². The molecule has 1 aromatic carbocycles. The van der Waals surface area contributed by atoms with Crippen LogP contribution < -0.4 is 5.73 Å². The molecule has 0 spiro atoms. The molecule has 0 aromatic heterocycles. The second-order valence-electron chi connectivity index (χ2n) is 3.06. The van der Waals surface area contributed by atoms with Gasteiger partial charge in [0, 0.05) is 17.2 Å². The van der Waals surface area contributed by atoms with E-state index in [-0.39, 0.29) is 16.3 Å². The second-order valence-corrected chi connectivity index (χ2v) is 5.96. The standard InChI is InChI=1S/C10H13F2NOS2/c1-2-15-3-4-16(14)10-8(11)5-7(13)6-9(10)12/h5-6H,2-4,13H2,1H3. The van der Waals surface area contributed by atoms with Crippen molar-refractivity contribution >= 4 is 28.2 Å². The number of nitrogen functional groups attached to an aromatic ring is 1. The van der Waals surface area contributed by atoms with E-state index in [0.29, 0.717) is 5.75 Å². The lowest BCUT2D eigenvalue weighted by Crippen LogP contribution is -2.06. The van der Waals surface area contributed by atoms with Gasteiger partial charge >= 0.3 is 0 Å². The molecule has 2 N–H and O–H groups in total. The van der Waals surface area contributed by atoms with Crippen molar-refractivity contribution in [3.05, 3.63) is 23.8 Å². The van der Waals surface area contributed by atoms with Gasteiger partial charge < -0.3 is 5.73 Å². The van der Waals surface area contributed by atoms with Crippen LogP contribution in [0.25, 0.3) is 0 Å². The summed E-state index contributed by atoms with van der Waals surface area (Å²) in [6, 6.07) is 1.98. The van der Waals surface area contributed by atoms with E-state index < -0.39 is 22.4 Å². The quantitative estimate of drug-likeness (QED) is 0.656. The largest absolute Gasteiger partial charge is 0.399 e. The van der Waals surface area contributed by atoms with Crippen LogP contribution in [0.1, 0.15) is 6.92 Å². The molecule has 0 saturated heterocycles. The van der Waals surface area contributed by atoms with Gasteiger partial charge in [-0.2, -0.15) is 11.8 Å². The molecule has 1 aromatic rings. The van der Waals surface area contributed by atoms with Crippen molar-refractivity contribution < 1.29 is 13.0 Å². The number of halogens is 2. The summed E-state index contributed by atoms with van der Waals surface area (Å²) in [6.45, 7) is 1.97. The Morgan fingerprint density at radius 1 is 1.38 bits per heavy atom. The zero-order chi connectivity index (χ0) is 12.1. The van der Waals surface area contributed by atoms with Crippen molar-refractivity contribution in [2.75, 3.05) is 23.0 Å². The van der Waals surface area contributed by atoms with Gasteiger partial charge in [0.1, 0.15) is 16.5 Å². The molecular formula is C10H13F2NOS2. The molecule has 0 aliphatic heterocycles. The number of rotatable bonds is 5. The summed E-state index contributed by atoms with van der Waals surface area (Å²) >= 11 is 1.58. The number of hydrogen-bond donors (Lipinski definition) is 1. The van der Waals surface area contributed by atoms with Crippen LogP contribution in [0.3, 0.4) is 0 Å². The lowest BCUT2D eigenvalue weighted by atomic mass is 10.3. The molecule has 90 valence electrons.